The molecule has 1 fully saturated rings. The van der Waals surface area contributed by atoms with Crippen LogP contribution in [0.5, 0.6) is 0 Å². The van der Waals surface area contributed by atoms with Crippen molar-refractivity contribution in [2.24, 2.45) is 0 Å². The van der Waals surface area contributed by atoms with Crippen molar-refractivity contribution in [1.29, 1.82) is 0 Å². The third-order valence-corrected chi connectivity index (χ3v) is 3.24. The van der Waals surface area contributed by atoms with E-state index < -0.39 is 0 Å². The average molecular weight is 222 g/mol. The number of halogens is 1. The smallest absolute Gasteiger partial charge is 0.127 e. The molecule has 1 aromatic carbocycles. The number of benzene rings is 1. The molecule has 0 aliphatic carbocycles. The second-order valence-corrected chi connectivity index (χ2v) is 4.23. The van der Waals surface area contributed by atoms with Gasteiger partial charge in [-0.1, -0.05) is 25.1 Å². The third-order valence-electron chi connectivity index (χ3n) is 3.24. The zero-order chi connectivity index (χ0) is 11.4. The number of piperazine rings is 1. The van der Waals surface area contributed by atoms with Crippen LogP contribution in [0.4, 0.5) is 4.39 Å². The van der Waals surface area contributed by atoms with Crippen LogP contribution in [0.2, 0.25) is 0 Å². The van der Waals surface area contributed by atoms with Gasteiger partial charge in [-0.15, -0.1) is 0 Å². The van der Waals surface area contributed by atoms with Gasteiger partial charge in [0.1, 0.15) is 5.82 Å². The van der Waals surface area contributed by atoms with Gasteiger partial charge in [-0.05, 0) is 12.5 Å². The van der Waals surface area contributed by atoms with Crippen LogP contribution in [0.25, 0.3) is 0 Å². The Morgan fingerprint density at radius 2 is 2.00 bits per heavy atom. The zero-order valence-electron chi connectivity index (χ0n) is 9.75. The molecule has 1 atom stereocenters. The minimum atomic E-state index is -0.0760. The highest BCUT2D eigenvalue weighted by molar-refractivity contribution is 5.21. The molecule has 0 bridgehead atoms. The van der Waals surface area contributed by atoms with E-state index in [0.29, 0.717) is 0 Å². The first-order valence-electron chi connectivity index (χ1n) is 6.02. The minimum Gasteiger partial charge on any atom is -0.314 e. The molecule has 1 aromatic rings. The van der Waals surface area contributed by atoms with E-state index >= 15 is 0 Å². The van der Waals surface area contributed by atoms with E-state index in [1.165, 1.54) is 0 Å². The van der Waals surface area contributed by atoms with E-state index in [1.807, 2.05) is 12.1 Å². The maximum atomic E-state index is 13.7. The molecule has 0 spiro atoms. The van der Waals surface area contributed by atoms with Crippen LogP contribution in [-0.2, 0) is 0 Å². The summed E-state index contributed by atoms with van der Waals surface area (Å²) in [4.78, 5) is 2.37. The molecule has 1 saturated heterocycles. The van der Waals surface area contributed by atoms with Crippen molar-refractivity contribution in [3.05, 3.63) is 35.6 Å². The first kappa shape index (κ1) is 11.6. The lowest BCUT2D eigenvalue weighted by Crippen LogP contribution is -2.45. The van der Waals surface area contributed by atoms with Gasteiger partial charge in [0.2, 0.25) is 0 Å². The van der Waals surface area contributed by atoms with Crippen molar-refractivity contribution in [1.82, 2.24) is 10.2 Å². The molecule has 1 heterocycles. The summed E-state index contributed by atoms with van der Waals surface area (Å²) in [6.45, 7) is 6.15. The fraction of sp³-hybridized carbons (Fsp3) is 0.538. The Hall–Kier alpha value is -0.930. The van der Waals surface area contributed by atoms with Crippen molar-refractivity contribution in [2.75, 3.05) is 26.2 Å². The van der Waals surface area contributed by atoms with E-state index in [-0.39, 0.29) is 11.9 Å². The van der Waals surface area contributed by atoms with Gasteiger partial charge in [-0.3, -0.25) is 4.90 Å². The van der Waals surface area contributed by atoms with Gasteiger partial charge in [0.15, 0.2) is 0 Å². The van der Waals surface area contributed by atoms with E-state index in [0.717, 1.165) is 38.2 Å². The lowest BCUT2D eigenvalue weighted by Gasteiger charge is -2.34. The van der Waals surface area contributed by atoms with Crippen LogP contribution in [0.1, 0.15) is 24.9 Å². The molecule has 88 valence electrons. The quantitative estimate of drug-likeness (QED) is 0.843. The molecule has 0 aromatic heterocycles. The molecule has 1 aliphatic rings. The molecule has 1 N–H and O–H groups in total. The average Bonchev–Trinajstić information content (AvgIpc) is 2.34. The van der Waals surface area contributed by atoms with Gasteiger partial charge in [0, 0.05) is 37.8 Å². The Balaban J connectivity index is 2.18. The lowest BCUT2D eigenvalue weighted by atomic mass is 10.0. The molecule has 0 saturated carbocycles. The largest absolute Gasteiger partial charge is 0.314 e. The van der Waals surface area contributed by atoms with Crippen LogP contribution in [0.3, 0.4) is 0 Å². The molecule has 0 amide bonds. The Labute approximate surface area is 96.5 Å². The number of hydrogen-bond donors (Lipinski definition) is 1. The summed E-state index contributed by atoms with van der Waals surface area (Å²) in [5, 5.41) is 3.32. The van der Waals surface area contributed by atoms with Gasteiger partial charge >= 0.3 is 0 Å². The first-order chi connectivity index (χ1) is 7.83. The Kier molecular flexibility index (Phi) is 3.91. The van der Waals surface area contributed by atoms with Crippen LogP contribution in [0.15, 0.2) is 24.3 Å². The predicted molar refractivity (Wildman–Crippen MR) is 63.9 cm³/mol. The second kappa shape index (κ2) is 5.41. The van der Waals surface area contributed by atoms with Crippen LogP contribution >= 0.6 is 0 Å². The maximum Gasteiger partial charge on any atom is 0.127 e. The zero-order valence-corrected chi connectivity index (χ0v) is 9.75. The molecule has 16 heavy (non-hydrogen) atoms. The van der Waals surface area contributed by atoms with Crippen LogP contribution in [0, 0.1) is 5.82 Å². The summed E-state index contributed by atoms with van der Waals surface area (Å²) >= 11 is 0. The normalized spacial score (nSPS) is 19.6. The monoisotopic (exact) mass is 222 g/mol. The number of nitrogens with zero attached hydrogens (tertiary/aromatic N) is 1. The Morgan fingerprint density at radius 1 is 1.31 bits per heavy atom. The summed E-state index contributed by atoms with van der Waals surface area (Å²) in [6, 6.07) is 7.36. The minimum absolute atomic E-state index is 0.0760. The predicted octanol–water partition coefficient (Wildman–Crippen LogP) is 2.18. The highest BCUT2D eigenvalue weighted by Gasteiger charge is 2.22. The van der Waals surface area contributed by atoms with Gasteiger partial charge in [0.05, 0.1) is 0 Å². The number of rotatable bonds is 3. The summed E-state index contributed by atoms with van der Waals surface area (Å²) in [5.41, 5.74) is 0.840. The van der Waals surface area contributed by atoms with Crippen molar-refractivity contribution in [3.63, 3.8) is 0 Å². The molecular weight excluding hydrogens is 203 g/mol. The molecule has 0 unspecified atom stereocenters. The van der Waals surface area contributed by atoms with Gasteiger partial charge in [0.25, 0.3) is 0 Å². The number of nitrogens with one attached hydrogen (secondary N) is 1. The van der Waals surface area contributed by atoms with Crippen LogP contribution in [-0.4, -0.2) is 31.1 Å². The summed E-state index contributed by atoms with van der Waals surface area (Å²) in [6.07, 6.45) is 0.959. The maximum absolute atomic E-state index is 13.7. The molecule has 2 rings (SSSR count). The molecule has 3 heteroatoms. The molecule has 2 nitrogen and oxygen atoms in total. The van der Waals surface area contributed by atoms with E-state index in [1.54, 1.807) is 12.1 Å². The summed E-state index contributed by atoms with van der Waals surface area (Å²) in [7, 11) is 0. The van der Waals surface area contributed by atoms with Crippen molar-refractivity contribution in [2.45, 2.75) is 19.4 Å². The highest BCUT2D eigenvalue weighted by Crippen LogP contribution is 2.26. The van der Waals surface area contributed by atoms with Crippen molar-refractivity contribution >= 4 is 0 Å². The lowest BCUT2D eigenvalue weighted by molar-refractivity contribution is 0.166. The first-order valence-corrected chi connectivity index (χ1v) is 6.02. The van der Waals surface area contributed by atoms with Gasteiger partial charge in [-0.2, -0.15) is 0 Å². The van der Waals surface area contributed by atoms with Crippen molar-refractivity contribution < 1.29 is 4.39 Å². The highest BCUT2D eigenvalue weighted by atomic mass is 19.1. The fourth-order valence-corrected chi connectivity index (χ4v) is 2.41. The van der Waals surface area contributed by atoms with Gasteiger partial charge < -0.3 is 5.32 Å². The molecular formula is C13H19FN2. The number of hydrogen-bond acceptors (Lipinski definition) is 2. The van der Waals surface area contributed by atoms with E-state index in [9.17, 15) is 4.39 Å². The Morgan fingerprint density at radius 3 is 2.62 bits per heavy atom. The van der Waals surface area contributed by atoms with E-state index in [2.05, 4.69) is 17.1 Å². The van der Waals surface area contributed by atoms with Crippen LogP contribution < -0.4 is 5.32 Å². The molecule has 1 aliphatic heterocycles. The topological polar surface area (TPSA) is 15.3 Å². The third kappa shape index (κ3) is 2.42. The summed E-state index contributed by atoms with van der Waals surface area (Å²) in [5.74, 6) is -0.0760. The van der Waals surface area contributed by atoms with E-state index in [4.69, 9.17) is 0 Å². The fourth-order valence-electron chi connectivity index (χ4n) is 2.41. The van der Waals surface area contributed by atoms with Gasteiger partial charge in [-0.25, -0.2) is 4.39 Å². The molecule has 0 radical (unpaired) electrons. The summed E-state index contributed by atoms with van der Waals surface area (Å²) < 4.78 is 13.7. The van der Waals surface area contributed by atoms with Crippen molar-refractivity contribution in [3.8, 4) is 0 Å². The Bertz CT molecular complexity index is 334. The SMILES string of the molecule is CC[C@H](c1ccccc1F)N1CCNCC1. The standard InChI is InChI=1S/C13H19FN2/c1-2-13(16-9-7-15-8-10-16)11-5-3-4-6-12(11)14/h3-6,13,15H,2,7-10H2,1H3/t13-/m1/s1. The second-order valence-electron chi connectivity index (χ2n) is 4.23.